The van der Waals surface area contributed by atoms with Crippen molar-refractivity contribution >= 4 is 79.7 Å². The van der Waals surface area contributed by atoms with Crippen molar-refractivity contribution in [1.29, 1.82) is 0 Å². The summed E-state index contributed by atoms with van der Waals surface area (Å²) in [6.07, 6.45) is 1.84. The van der Waals surface area contributed by atoms with Gasteiger partial charge in [0.15, 0.2) is 0 Å². The maximum Gasteiger partial charge on any atom is 0.201 e. The van der Waals surface area contributed by atoms with E-state index >= 15 is 0 Å². The van der Waals surface area contributed by atoms with Crippen LogP contribution in [0.4, 0.5) is 5.82 Å². The predicted octanol–water partition coefficient (Wildman–Crippen LogP) is 5.76. The highest BCUT2D eigenvalue weighted by Gasteiger charge is 2.23. The number of ether oxygens (including phenoxy) is 1. The van der Waals surface area contributed by atoms with Crippen LogP contribution in [0.1, 0.15) is 24.4 Å². The minimum absolute atomic E-state index is 0. The molecule has 10 heteroatoms. The molecular formula is C19H21BrCl3N3O2S. The number of hydrogen-bond acceptors (Lipinski definition) is 5. The van der Waals surface area contributed by atoms with Gasteiger partial charge in [0.1, 0.15) is 11.6 Å². The number of halogens is 4. The predicted molar refractivity (Wildman–Crippen MR) is 130 cm³/mol. The van der Waals surface area contributed by atoms with Crippen LogP contribution in [0.3, 0.4) is 0 Å². The first-order valence-corrected chi connectivity index (χ1v) is 10.9. The van der Waals surface area contributed by atoms with E-state index in [0.717, 1.165) is 57.8 Å². The highest BCUT2D eigenvalue weighted by atomic mass is 79.9. The number of benzene rings is 1. The minimum atomic E-state index is 0. The third kappa shape index (κ3) is 5.60. The van der Waals surface area contributed by atoms with E-state index in [4.69, 9.17) is 16.3 Å². The largest absolute Gasteiger partial charge is 0.492 e. The van der Waals surface area contributed by atoms with Crippen molar-refractivity contribution in [1.82, 2.24) is 10.3 Å². The number of fused-ring (bicyclic) bond motifs is 2. The van der Waals surface area contributed by atoms with Crippen LogP contribution in [0, 0.1) is 0 Å². The molecule has 0 amide bonds. The molecule has 3 N–H and O–H groups in total. The summed E-state index contributed by atoms with van der Waals surface area (Å²) in [6, 6.07) is 7.61. The van der Waals surface area contributed by atoms with Gasteiger partial charge in [-0.2, -0.15) is 0 Å². The van der Waals surface area contributed by atoms with Gasteiger partial charge in [-0.15, -0.1) is 36.2 Å². The molecular weight excluding hydrogens is 521 g/mol. The molecule has 5 nitrogen and oxygen atoms in total. The van der Waals surface area contributed by atoms with E-state index in [0.29, 0.717) is 11.6 Å². The molecule has 1 aliphatic heterocycles. The third-order valence-electron chi connectivity index (χ3n) is 4.56. The molecule has 0 bridgehead atoms. The van der Waals surface area contributed by atoms with Crippen molar-refractivity contribution < 1.29 is 4.74 Å². The minimum Gasteiger partial charge on any atom is -0.492 e. The molecule has 0 fully saturated rings. The fourth-order valence-electron chi connectivity index (χ4n) is 3.30. The van der Waals surface area contributed by atoms with E-state index in [1.807, 2.05) is 23.6 Å². The molecule has 0 saturated heterocycles. The fourth-order valence-corrected chi connectivity index (χ4v) is 5.01. The highest BCUT2D eigenvalue weighted by Crippen LogP contribution is 2.40. The van der Waals surface area contributed by atoms with E-state index < -0.39 is 0 Å². The zero-order chi connectivity index (χ0) is 18.8. The van der Waals surface area contributed by atoms with Gasteiger partial charge < -0.3 is 20.4 Å². The number of pyridine rings is 1. The number of aromatic amines is 1. The molecule has 1 aromatic carbocycles. The van der Waals surface area contributed by atoms with Gasteiger partial charge in [-0.25, -0.2) is 0 Å². The summed E-state index contributed by atoms with van der Waals surface area (Å²) in [4.78, 5) is 15.3. The Morgan fingerprint density at radius 3 is 2.93 bits per heavy atom. The lowest BCUT2D eigenvalue weighted by Gasteiger charge is -2.28. The second-order valence-electron chi connectivity index (χ2n) is 6.44. The van der Waals surface area contributed by atoms with Crippen molar-refractivity contribution in [2.45, 2.75) is 18.9 Å². The molecule has 0 spiro atoms. The number of H-pyrrole nitrogens is 1. The first kappa shape index (κ1) is 24.3. The molecule has 0 aliphatic carbocycles. The Hall–Kier alpha value is -0.960. The third-order valence-corrected chi connectivity index (χ3v) is 6.30. The molecule has 0 unspecified atom stereocenters. The molecule has 1 aliphatic rings. The second kappa shape index (κ2) is 10.9. The molecule has 2 aromatic heterocycles. The number of thiophene rings is 1. The fraction of sp³-hybridized carbons (Fsp3) is 0.316. The Morgan fingerprint density at radius 2 is 2.10 bits per heavy atom. The van der Waals surface area contributed by atoms with Crippen LogP contribution >= 0.6 is 63.7 Å². The van der Waals surface area contributed by atoms with Crippen LogP contribution in [0.2, 0.25) is 5.02 Å². The topological polar surface area (TPSA) is 66.2 Å². The van der Waals surface area contributed by atoms with Gasteiger partial charge in [0.25, 0.3) is 0 Å². The summed E-state index contributed by atoms with van der Waals surface area (Å²) in [7, 11) is 0. The number of anilines is 1. The summed E-state index contributed by atoms with van der Waals surface area (Å²) in [5, 5.41) is 9.51. The van der Waals surface area contributed by atoms with E-state index in [1.54, 1.807) is 6.07 Å². The average molecular weight is 542 g/mol. The monoisotopic (exact) mass is 539 g/mol. The van der Waals surface area contributed by atoms with Gasteiger partial charge in [0.2, 0.25) is 5.43 Å². The van der Waals surface area contributed by atoms with E-state index in [2.05, 4.69) is 31.5 Å². The van der Waals surface area contributed by atoms with E-state index in [-0.39, 0.29) is 36.3 Å². The normalized spacial score (nSPS) is 15.0. The lowest BCUT2D eigenvalue weighted by Crippen LogP contribution is -2.29. The van der Waals surface area contributed by atoms with Crippen molar-refractivity contribution in [3.63, 3.8) is 0 Å². The van der Waals surface area contributed by atoms with Gasteiger partial charge in [-0.05, 0) is 52.5 Å². The first-order valence-electron chi connectivity index (χ1n) is 8.81. The molecule has 3 aromatic rings. The molecule has 29 heavy (non-hydrogen) atoms. The van der Waals surface area contributed by atoms with Crippen LogP contribution in [0.25, 0.3) is 10.2 Å². The summed E-state index contributed by atoms with van der Waals surface area (Å²) >= 11 is 11.2. The van der Waals surface area contributed by atoms with Gasteiger partial charge in [-0.1, -0.05) is 11.6 Å². The lowest BCUT2D eigenvalue weighted by atomic mass is 10.0. The number of nitrogens with one attached hydrogen (secondary N) is 3. The number of aromatic nitrogens is 1. The SMILES string of the molecule is Cl.Cl.O=c1cc(NCCCN[C@H]2CCOc3c(Br)cc(Cl)cc32)[nH]c2ccsc12. The number of rotatable bonds is 6. The van der Waals surface area contributed by atoms with Crippen molar-refractivity contribution in [3.8, 4) is 5.75 Å². The standard InChI is InChI=1S/C19H19BrClN3O2S.2ClH/c20-13-9-11(21)8-12-14(2-6-26-18(12)13)22-4-1-5-23-17-10-16(25)19-15(24-17)3-7-27-19;;/h3,7-10,14,22H,1-2,4-6H2,(H2,23,24,25);2*1H/t14-;;/m0../s1. The molecule has 1 atom stereocenters. The Bertz CT molecular complexity index is 1030. The Morgan fingerprint density at radius 1 is 1.28 bits per heavy atom. The summed E-state index contributed by atoms with van der Waals surface area (Å²) in [5.74, 6) is 1.64. The molecule has 4 rings (SSSR count). The Balaban J connectivity index is 0.00000150. The molecule has 158 valence electrons. The van der Waals surface area contributed by atoms with Crippen molar-refractivity contribution in [2.24, 2.45) is 0 Å². The zero-order valence-corrected chi connectivity index (χ0v) is 20.1. The molecule has 0 radical (unpaired) electrons. The van der Waals surface area contributed by atoms with Crippen molar-refractivity contribution in [3.05, 3.63) is 54.9 Å². The Kier molecular flexibility index (Phi) is 9.13. The van der Waals surface area contributed by atoms with Gasteiger partial charge in [-0.3, -0.25) is 4.79 Å². The zero-order valence-electron chi connectivity index (χ0n) is 15.3. The lowest BCUT2D eigenvalue weighted by molar-refractivity contribution is 0.251. The smallest absolute Gasteiger partial charge is 0.201 e. The van der Waals surface area contributed by atoms with E-state index in [1.165, 1.54) is 11.3 Å². The second-order valence-corrected chi connectivity index (χ2v) is 8.65. The van der Waals surface area contributed by atoms with Crippen LogP contribution in [-0.4, -0.2) is 24.7 Å². The summed E-state index contributed by atoms with van der Waals surface area (Å²) < 4.78 is 7.44. The quantitative estimate of drug-likeness (QED) is 0.347. The van der Waals surface area contributed by atoms with E-state index in [9.17, 15) is 4.79 Å². The van der Waals surface area contributed by atoms with Gasteiger partial charge >= 0.3 is 0 Å². The van der Waals surface area contributed by atoms with Crippen LogP contribution in [0.15, 0.2) is 38.9 Å². The van der Waals surface area contributed by atoms with Crippen LogP contribution in [0.5, 0.6) is 5.75 Å². The summed E-state index contributed by atoms with van der Waals surface area (Å²) in [6.45, 7) is 2.31. The van der Waals surface area contributed by atoms with Gasteiger partial charge in [0.05, 0.1) is 21.3 Å². The van der Waals surface area contributed by atoms with Gasteiger partial charge in [0, 0.05) is 35.7 Å². The molecule has 0 saturated carbocycles. The van der Waals surface area contributed by atoms with Crippen LogP contribution in [-0.2, 0) is 0 Å². The Labute approximate surface area is 198 Å². The maximum absolute atomic E-state index is 12.0. The van der Waals surface area contributed by atoms with Crippen LogP contribution < -0.4 is 20.8 Å². The highest BCUT2D eigenvalue weighted by molar-refractivity contribution is 9.10. The summed E-state index contributed by atoms with van der Waals surface area (Å²) in [5.41, 5.74) is 2.04. The first-order chi connectivity index (χ1) is 13.1. The van der Waals surface area contributed by atoms with Crippen molar-refractivity contribution in [2.75, 3.05) is 25.0 Å². The number of hydrogen-bond donors (Lipinski definition) is 3. The maximum atomic E-state index is 12.0. The molecule has 3 heterocycles. The average Bonchev–Trinajstić information content (AvgIpc) is 3.11.